The first kappa shape index (κ1) is 26.4. The van der Waals surface area contributed by atoms with Crippen LogP contribution in [0.2, 0.25) is 5.02 Å². The van der Waals surface area contributed by atoms with E-state index in [-0.39, 0.29) is 40.2 Å². The van der Waals surface area contributed by atoms with Crippen LogP contribution in [0.25, 0.3) is 0 Å². The number of hydrogen-bond acceptors (Lipinski definition) is 5. The van der Waals surface area contributed by atoms with Gasteiger partial charge in [0.2, 0.25) is 5.78 Å². The van der Waals surface area contributed by atoms with Gasteiger partial charge in [0.25, 0.3) is 0 Å². The first-order valence-electron chi connectivity index (χ1n) is 10.8. The second-order valence-electron chi connectivity index (χ2n) is 8.12. The highest BCUT2D eigenvalue weighted by Crippen LogP contribution is 2.33. The Bertz CT molecular complexity index is 1050. The van der Waals surface area contributed by atoms with E-state index < -0.39 is 11.6 Å². The minimum absolute atomic E-state index is 0.0115. The Labute approximate surface area is 199 Å². The Morgan fingerprint density at radius 2 is 1.79 bits per heavy atom. The molecular formula is C26H31ClFNO4. The van der Waals surface area contributed by atoms with Crippen molar-refractivity contribution in [3.05, 3.63) is 69.6 Å². The molecule has 0 aliphatic rings. The van der Waals surface area contributed by atoms with E-state index in [9.17, 15) is 14.0 Å². The largest absolute Gasteiger partial charge is 0.496 e. The average Bonchev–Trinajstić information content (AvgIpc) is 2.78. The zero-order chi connectivity index (χ0) is 24.7. The number of ether oxygens (including phenoxy) is 2. The number of hydrogen-bond donors (Lipinski definition) is 1. The second kappa shape index (κ2) is 11.8. The Kier molecular flexibility index (Phi) is 9.47. The van der Waals surface area contributed by atoms with Crippen LogP contribution in [-0.4, -0.2) is 31.8 Å². The van der Waals surface area contributed by atoms with E-state index >= 15 is 0 Å². The smallest absolute Gasteiger partial charge is 0.201 e. The van der Waals surface area contributed by atoms with Crippen LogP contribution in [0.3, 0.4) is 0 Å². The van der Waals surface area contributed by atoms with Gasteiger partial charge in [0, 0.05) is 24.7 Å². The molecule has 1 atom stereocenters. The normalized spacial score (nSPS) is 12.5. The van der Waals surface area contributed by atoms with Gasteiger partial charge in [-0.2, -0.15) is 0 Å². The van der Waals surface area contributed by atoms with Crippen LogP contribution in [0.4, 0.5) is 4.39 Å². The summed E-state index contributed by atoms with van der Waals surface area (Å²) in [6.07, 6.45) is 2.47. The SMILES string of the molecule is CC[C@@H](N/C=C(\C(C)=O)C(=O)c1cc(Cc2cccc(Cl)c2F)c(OC)cc1OC)C(C)C. The summed E-state index contributed by atoms with van der Waals surface area (Å²) in [7, 11) is 2.92. The van der Waals surface area contributed by atoms with Crippen LogP contribution in [0.15, 0.2) is 42.1 Å². The number of halogens is 2. The summed E-state index contributed by atoms with van der Waals surface area (Å²) in [6.45, 7) is 7.52. The number of carbonyl (C=O) groups excluding carboxylic acids is 2. The van der Waals surface area contributed by atoms with Gasteiger partial charge in [0.05, 0.1) is 30.4 Å². The topological polar surface area (TPSA) is 64.6 Å². The van der Waals surface area contributed by atoms with Gasteiger partial charge in [0.1, 0.15) is 17.3 Å². The van der Waals surface area contributed by atoms with Crippen molar-refractivity contribution >= 4 is 23.2 Å². The number of allylic oxidation sites excluding steroid dienone is 1. The third-order valence-corrected chi connectivity index (χ3v) is 5.86. The molecule has 5 nitrogen and oxygen atoms in total. The number of carbonyl (C=O) groups is 2. The van der Waals surface area contributed by atoms with E-state index in [1.165, 1.54) is 33.4 Å². The highest BCUT2D eigenvalue weighted by molar-refractivity contribution is 6.30. The fourth-order valence-corrected chi connectivity index (χ4v) is 3.81. The van der Waals surface area contributed by atoms with Crippen LogP contribution in [0, 0.1) is 11.7 Å². The average molecular weight is 476 g/mol. The molecule has 2 aromatic rings. The molecule has 0 aromatic heterocycles. The second-order valence-corrected chi connectivity index (χ2v) is 8.53. The predicted molar refractivity (Wildman–Crippen MR) is 129 cm³/mol. The molecule has 1 N–H and O–H groups in total. The molecule has 0 radical (unpaired) electrons. The summed E-state index contributed by atoms with van der Waals surface area (Å²) < 4.78 is 25.4. The van der Waals surface area contributed by atoms with Gasteiger partial charge in [-0.3, -0.25) is 9.59 Å². The van der Waals surface area contributed by atoms with Crippen molar-refractivity contribution in [3.63, 3.8) is 0 Å². The lowest BCUT2D eigenvalue weighted by atomic mass is 9.95. The summed E-state index contributed by atoms with van der Waals surface area (Å²) in [4.78, 5) is 25.8. The summed E-state index contributed by atoms with van der Waals surface area (Å²) in [6, 6.07) is 8.01. The van der Waals surface area contributed by atoms with Gasteiger partial charge in [-0.15, -0.1) is 0 Å². The van der Waals surface area contributed by atoms with Crippen molar-refractivity contribution in [3.8, 4) is 11.5 Å². The van der Waals surface area contributed by atoms with Gasteiger partial charge in [-0.25, -0.2) is 4.39 Å². The van der Waals surface area contributed by atoms with E-state index in [0.29, 0.717) is 22.8 Å². The molecule has 0 bridgehead atoms. The minimum atomic E-state index is -0.530. The first-order valence-corrected chi connectivity index (χ1v) is 11.2. The summed E-state index contributed by atoms with van der Waals surface area (Å²) in [5.74, 6) is -0.371. The molecule has 2 aromatic carbocycles. The highest BCUT2D eigenvalue weighted by Gasteiger charge is 2.24. The Balaban J connectivity index is 2.54. The number of ketones is 2. The maximum atomic E-state index is 14.5. The standard InChI is InChI=1S/C26H31ClFNO4/c1-7-22(15(2)3)29-14-20(16(4)30)26(31)19-12-18(23(32-5)13-24(19)33-6)11-17-9-8-10-21(27)25(17)28/h8-10,12-15,22,29H,7,11H2,1-6H3/b20-14+/t22-/m1/s1. The van der Waals surface area contributed by atoms with E-state index in [4.69, 9.17) is 21.1 Å². The van der Waals surface area contributed by atoms with Crippen molar-refractivity contribution in [1.29, 1.82) is 0 Å². The molecule has 33 heavy (non-hydrogen) atoms. The van der Waals surface area contributed by atoms with Crippen molar-refractivity contribution in [1.82, 2.24) is 5.32 Å². The molecule has 0 saturated heterocycles. The van der Waals surface area contributed by atoms with Gasteiger partial charge in [0.15, 0.2) is 5.78 Å². The molecule has 0 heterocycles. The monoisotopic (exact) mass is 475 g/mol. The number of rotatable bonds is 11. The molecule has 0 aliphatic heterocycles. The quantitative estimate of drug-likeness (QED) is 0.193. The molecule has 7 heteroatoms. The van der Waals surface area contributed by atoms with Gasteiger partial charge in [-0.1, -0.05) is 44.5 Å². The lowest BCUT2D eigenvalue weighted by molar-refractivity contribution is -0.113. The Hall–Kier alpha value is -2.86. The van der Waals surface area contributed by atoms with Gasteiger partial charge >= 0.3 is 0 Å². The molecule has 0 spiro atoms. The number of Topliss-reactive ketones (excluding diaryl/α,β-unsaturated/α-hetero) is 2. The van der Waals surface area contributed by atoms with Crippen LogP contribution in [0.1, 0.15) is 55.6 Å². The van der Waals surface area contributed by atoms with Crippen LogP contribution < -0.4 is 14.8 Å². The van der Waals surface area contributed by atoms with E-state index in [1.54, 1.807) is 24.3 Å². The highest BCUT2D eigenvalue weighted by atomic mass is 35.5. The Morgan fingerprint density at radius 1 is 1.12 bits per heavy atom. The number of benzene rings is 2. The van der Waals surface area contributed by atoms with Crippen molar-refractivity contribution in [2.75, 3.05) is 14.2 Å². The summed E-state index contributed by atoms with van der Waals surface area (Å²) >= 11 is 5.92. The van der Waals surface area contributed by atoms with Crippen LogP contribution in [-0.2, 0) is 11.2 Å². The maximum Gasteiger partial charge on any atom is 0.201 e. The van der Waals surface area contributed by atoms with Crippen LogP contribution in [0.5, 0.6) is 11.5 Å². The molecular weight excluding hydrogens is 445 g/mol. The fraction of sp³-hybridized carbons (Fsp3) is 0.385. The molecule has 0 fully saturated rings. The zero-order valence-corrected chi connectivity index (χ0v) is 20.7. The maximum absolute atomic E-state index is 14.5. The number of nitrogens with one attached hydrogen (secondary N) is 1. The van der Waals surface area contributed by atoms with Crippen molar-refractivity contribution in [2.45, 2.75) is 46.6 Å². The van der Waals surface area contributed by atoms with Gasteiger partial charge < -0.3 is 14.8 Å². The first-order chi connectivity index (χ1) is 15.6. The third-order valence-electron chi connectivity index (χ3n) is 5.57. The van der Waals surface area contributed by atoms with E-state index in [1.807, 2.05) is 6.92 Å². The van der Waals surface area contributed by atoms with Crippen molar-refractivity contribution < 1.29 is 23.5 Å². The number of methoxy groups -OCH3 is 2. The van der Waals surface area contributed by atoms with Crippen LogP contribution >= 0.6 is 11.6 Å². The van der Waals surface area contributed by atoms with E-state index in [2.05, 4.69) is 19.2 Å². The van der Waals surface area contributed by atoms with Gasteiger partial charge in [-0.05, 0) is 42.5 Å². The Morgan fingerprint density at radius 3 is 2.33 bits per heavy atom. The predicted octanol–water partition coefficient (Wildman–Crippen LogP) is 5.77. The minimum Gasteiger partial charge on any atom is -0.496 e. The molecule has 0 amide bonds. The van der Waals surface area contributed by atoms with E-state index in [0.717, 1.165) is 6.42 Å². The molecule has 178 valence electrons. The molecule has 0 aliphatic carbocycles. The molecule has 2 rings (SSSR count). The summed E-state index contributed by atoms with van der Waals surface area (Å²) in [5.41, 5.74) is 1.12. The fourth-order valence-electron chi connectivity index (χ4n) is 3.61. The third kappa shape index (κ3) is 6.35. The lowest BCUT2D eigenvalue weighted by Gasteiger charge is -2.20. The zero-order valence-electron chi connectivity index (χ0n) is 19.9. The van der Waals surface area contributed by atoms with Crippen molar-refractivity contribution in [2.24, 2.45) is 5.92 Å². The lowest BCUT2D eigenvalue weighted by Crippen LogP contribution is -2.30. The molecule has 0 unspecified atom stereocenters. The molecule has 0 saturated carbocycles. The summed E-state index contributed by atoms with van der Waals surface area (Å²) in [5, 5.41) is 3.21.